The number of nitrogens with two attached hydrogens (primary N) is 1. The van der Waals surface area contributed by atoms with Gasteiger partial charge in [0.25, 0.3) is 5.91 Å². The predicted octanol–water partition coefficient (Wildman–Crippen LogP) is 3.09. The van der Waals surface area contributed by atoms with E-state index in [4.69, 9.17) is 10.5 Å². The van der Waals surface area contributed by atoms with Crippen LogP contribution in [0.5, 0.6) is 5.75 Å². The van der Waals surface area contributed by atoms with E-state index < -0.39 is 6.10 Å². The van der Waals surface area contributed by atoms with Crippen molar-refractivity contribution in [2.75, 3.05) is 31.9 Å². The SMILES string of the molecule is CC(Oc1ccc(Br)cc1)C(=O)N1CCN(Cc2nc(N)c3ccccc3n2)CC1. The first-order chi connectivity index (χ1) is 14.5. The molecule has 156 valence electrons. The van der Waals surface area contributed by atoms with Crippen molar-refractivity contribution >= 4 is 38.6 Å². The largest absolute Gasteiger partial charge is 0.481 e. The van der Waals surface area contributed by atoms with Gasteiger partial charge in [0.2, 0.25) is 0 Å². The highest BCUT2D eigenvalue weighted by molar-refractivity contribution is 9.10. The summed E-state index contributed by atoms with van der Waals surface area (Å²) in [5, 5.41) is 0.872. The third-order valence-corrected chi connectivity index (χ3v) is 5.73. The maximum absolute atomic E-state index is 12.8. The molecule has 30 heavy (non-hydrogen) atoms. The molecule has 0 radical (unpaired) electrons. The van der Waals surface area contributed by atoms with Gasteiger partial charge in [0.05, 0.1) is 12.1 Å². The number of aromatic nitrogens is 2. The third-order valence-electron chi connectivity index (χ3n) is 5.20. The number of nitrogens with zero attached hydrogens (tertiary/aromatic N) is 4. The van der Waals surface area contributed by atoms with Crippen molar-refractivity contribution in [1.29, 1.82) is 0 Å². The molecule has 0 saturated carbocycles. The molecular weight excluding hydrogens is 446 g/mol. The van der Waals surface area contributed by atoms with Crippen molar-refractivity contribution in [3.05, 3.63) is 58.8 Å². The fraction of sp³-hybridized carbons (Fsp3) is 0.318. The van der Waals surface area contributed by atoms with Crippen molar-refractivity contribution in [1.82, 2.24) is 19.8 Å². The molecule has 2 heterocycles. The Morgan fingerprint density at radius 1 is 1.10 bits per heavy atom. The van der Waals surface area contributed by atoms with Crippen LogP contribution < -0.4 is 10.5 Å². The molecule has 8 heteroatoms. The monoisotopic (exact) mass is 469 g/mol. The predicted molar refractivity (Wildman–Crippen MR) is 120 cm³/mol. The molecule has 2 N–H and O–H groups in total. The first-order valence-corrected chi connectivity index (χ1v) is 10.7. The quantitative estimate of drug-likeness (QED) is 0.617. The molecule has 1 aliphatic rings. The highest BCUT2D eigenvalue weighted by Crippen LogP contribution is 2.19. The van der Waals surface area contributed by atoms with E-state index in [-0.39, 0.29) is 5.91 Å². The zero-order valence-corrected chi connectivity index (χ0v) is 18.4. The van der Waals surface area contributed by atoms with E-state index in [9.17, 15) is 4.79 Å². The Kier molecular flexibility index (Phi) is 6.15. The average molecular weight is 470 g/mol. The number of halogens is 1. The smallest absolute Gasteiger partial charge is 0.263 e. The molecule has 2 aromatic carbocycles. The molecule has 1 saturated heterocycles. The minimum absolute atomic E-state index is 0.00349. The minimum atomic E-state index is -0.527. The highest BCUT2D eigenvalue weighted by atomic mass is 79.9. The van der Waals surface area contributed by atoms with Crippen LogP contribution in [0.4, 0.5) is 5.82 Å². The van der Waals surface area contributed by atoms with Crippen molar-refractivity contribution in [2.24, 2.45) is 0 Å². The highest BCUT2D eigenvalue weighted by Gasteiger charge is 2.26. The summed E-state index contributed by atoms with van der Waals surface area (Å²) < 4.78 is 6.78. The van der Waals surface area contributed by atoms with Crippen LogP contribution >= 0.6 is 15.9 Å². The summed E-state index contributed by atoms with van der Waals surface area (Å²) in [5.74, 6) is 1.90. The molecule has 0 bridgehead atoms. The zero-order chi connectivity index (χ0) is 21.1. The van der Waals surface area contributed by atoms with Gasteiger partial charge in [0.15, 0.2) is 6.10 Å². The van der Waals surface area contributed by atoms with Crippen LogP contribution in [-0.2, 0) is 11.3 Å². The number of anilines is 1. The Morgan fingerprint density at radius 2 is 1.80 bits per heavy atom. The van der Waals surface area contributed by atoms with E-state index >= 15 is 0 Å². The maximum atomic E-state index is 12.8. The topological polar surface area (TPSA) is 84.6 Å². The second-order valence-electron chi connectivity index (χ2n) is 7.36. The van der Waals surface area contributed by atoms with Crippen LogP contribution in [0.3, 0.4) is 0 Å². The number of benzene rings is 2. The number of carbonyl (C=O) groups is 1. The summed E-state index contributed by atoms with van der Waals surface area (Å²) in [6.07, 6.45) is -0.527. The number of para-hydroxylation sites is 1. The van der Waals surface area contributed by atoms with E-state index in [1.165, 1.54) is 0 Å². The second kappa shape index (κ2) is 8.97. The lowest BCUT2D eigenvalue weighted by Crippen LogP contribution is -2.51. The molecule has 1 aromatic heterocycles. The summed E-state index contributed by atoms with van der Waals surface area (Å²) in [5.41, 5.74) is 6.94. The Hall–Kier alpha value is -2.71. The number of hydrogen-bond acceptors (Lipinski definition) is 6. The van der Waals surface area contributed by atoms with Crippen LogP contribution in [0.1, 0.15) is 12.7 Å². The molecule has 1 atom stereocenters. The molecule has 0 spiro atoms. The number of ether oxygens (including phenoxy) is 1. The molecule has 3 aromatic rings. The number of piperazine rings is 1. The van der Waals surface area contributed by atoms with E-state index in [2.05, 4.69) is 30.8 Å². The number of carbonyl (C=O) groups excluding carboxylic acids is 1. The Balaban J connectivity index is 1.32. The number of fused-ring (bicyclic) bond motifs is 1. The number of rotatable bonds is 5. The van der Waals surface area contributed by atoms with E-state index in [0.717, 1.165) is 28.5 Å². The summed E-state index contributed by atoms with van der Waals surface area (Å²) >= 11 is 3.40. The first kappa shape index (κ1) is 20.6. The molecule has 1 aliphatic heterocycles. The van der Waals surface area contributed by atoms with Gasteiger partial charge < -0.3 is 15.4 Å². The van der Waals surface area contributed by atoms with Gasteiger partial charge in [-0.05, 0) is 43.3 Å². The minimum Gasteiger partial charge on any atom is -0.481 e. The van der Waals surface area contributed by atoms with Gasteiger partial charge in [0, 0.05) is 36.0 Å². The zero-order valence-electron chi connectivity index (χ0n) is 16.8. The van der Waals surface area contributed by atoms with E-state index in [1.807, 2.05) is 53.4 Å². The van der Waals surface area contributed by atoms with Crippen molar-refractivity contribution in [3.63, 3.8) is 0 Å². The summed E-state index contributed by atoms with van der Waals surface area (Å²) in [6, 6.07) is 15.2. The number of nitrogen functional groups attached to an aromatic ring is 1. The van der Waals surface area contributed by atoms with Gasteiger partial charge in [-0.15, -0.1) is 0 Å². The normalized spacial score (nSPS) is 15.9. The Bertz CT molecular complexity index is 1040. The van der Waals surface area contributed by atoms with Crippen LogP contribution in [0.2, 0.25) is 0 Å². The standard InChI is InChI=1S/C22H24BrN5O2/c1-15(30-17-8-6-16(23)7-9-17)22(29)28-12-10-27(11-13-28)14-20-25-19-5-3-2-4-18(19)21(24)26-20/h2-9,15H,10-14H2,1H3,(H2,24,25,26). The fourth-order valence-electron chi connectivity index (χ4n) is 3.57. The average Bonchev–Trinajstić information content (AvgIpc) is 2.75. The Morgan fingerprint density at radius 3 is 2.53 bits per heavy atom. The van der Waals surface area contributed by atoms with E-state index in [1.54, 1.807) is 6.92 Å². The van der Waals surface area contributed by atoms with E-state index in [0.29, 0.717) is 37.0 Å². The summed E-state index contributed by atoms with van der Waals surface area (Å²) in [6.45, 7) is 5.22. The van der Waals surface area contributed by atoms with Gasteiger partial charge in [-0.3, -0.25) is 9.69 Å². The van der Waals surface area contributed by atoms with Crippen molar-refractivity contribution in [2.45, 2.75) is 19.6 Å². The van der Waals surface area contributed by atoms with Gasteiger partial charge in [-0.1, -0.05) is 28.1 Å². The number of hydrogen-bond donors (Lipinski definition) is 1. The van der Waals surface area contributed by atoms with Crippen molar-refractivity contribution in [3.8, 4) is 5.75 Å². The first-order valence-electron chi connectivity index (χ1n) is 9.94. The summed E-state index contributed by atoms with van der Waals surface area (Å²) in [7, 11) is 0. The molecule has 1 fully saturated rings. The lowest BCUT2D eigenvalue weighted by Gasteiger charge is -2.35. The molecule has 4 rings (SSSR count). The van der Waals surface area contributed by atoms with Gasteiger partial charge in [0.1, 0.15) is 17.4 Å². The lowest BCUT2D eigenvalue weighted by atomic mass is 10.2. The molecule has 7 nitrogen and oxygen atoms in total. The second-order valence-corrected chi connectivity index (χ2v) is 8.27. The lowest BCUT2D eigenvalue weighted by molar-refractivity contribution is -0.139. The molecule has 1 unspecified atom stereocenters. The van der Waals surface area contributed by atoms with Crippen LogP contribution in [0.25, 0.3) is 10.9 Å². The fourth-order valence-corrected chi connectivity index (χ4v) is 3.84. The van der Waals surface area contributed by atoms with Crippen LogP contribution in [0.15, 0.2) is 53.0 Å². The third kappa shape index (κ3) is 4.71. The number of amides is 1. The van der Waals surface area contributed by atoms with Gasteiger partial charge in [-0.25, -0.2) is 9.97 Å². The summed E-state index contributed by atoms with van der Waals surface area (Å²) in [4.78, 5) is 25.9. The Labute approximate surface area is 184 Å². The molecule has 0 aliphatic carbocycles. The maximum Gasteiger partial charge on any atom is 0.263 e. The van der Waals surface area contributed by atoms with Gasteiger partial charge in [-0.2, -0.15) is 0 Å². The molecular formula is C22H24BrN5O2. The van der Waals surface area contributed by atoms with Crippen LogP contribution in [0, 0.1) is 0 Å². The van der Waals surface area contributed by atoms with Crippen molar-refractivity contribution < 1.29 is 9.53 Å². The van der Waals surface area contributed by atoms with Gasteiger partial charge >= 0.3 is 0 Å². The molecule has 1 amide bonds. The van der Waals surface area contributed by atoms with Crippen LogP contribution in [-0.4, -0.2) is 58.0 Å².